The number of carbonyl (C=O) groups excluding carboxylic acids is 1. The molecule has 1 fully saturated rings. The molecule has 3 rings (SSSR count). The van der Waals surface area contributed by atoms with E-state index in [2.05, 4.69) is 4.98 Å². The van der Waals surface area contributed by atoms with Crippen molar-refractivity contribution in [3.8, 4) is 0 Å². The van der Waals surface area contributed by atoms with Gasteiger partial charge in [-0.2, -0.15) is 0 Å². The van der Waals surface area contributed by atoms with Crippen LogP contribution in [0, 0.1) is 17.6 Å². The minimum atomic E-state index is -0.573. The van der Waals surface area contributed by atoms with Crippen molar-refractivity contribution in [3.63, 3.8) is 0 Å². The summed E-state index contributed by atoms with van der Waals surface area (Å²) >= 11 is 0. The van der Waals surface area contributed by atoms with Crippen LogP contribution in [0.4, 0.5) is 8.78 Å². The van der Waals surface area contributed by atoms with E-state index >= 15 is 0 Å². The van der Waals surface area contributed by atoms with Crippen LogP contribution >= 0.6 is 0 Å². The van der Waals surface area contributed by atoms with Crippen molar-refractivity contribution in [1.29, 1.82) is 0 Å². The van der Waals surface area contributed by atoms with Crippen LogP contribution in [0.1, 0.15) is 35.2 Å². The maximum atomic E-state index is 13.8. The average molecular weight is 330 g/mol. The fourth-order valence-electron chi connectivity index (χ4n) is 3.23. The third-order valence-electron chi connectivity index (χ3n) is 4.56. The van der Waals surface area contributed by atoms with Gasteiger partial charge in [-0.3, -0.25) is 9.78 Å². The first-order valence-electron chi connectivity index (χ1n) is 8.26. The minimum absolute atomic E-state index is 0.0872. The van der Waals surface area contributed by atoms with E-state index in [9.17, 15) is 13.6 Å². The topological polar surface area (TPSA) is 33.2 Å². The van der Waals surface area contributed by atoms with E-state index in [0.29, 0.717) is 19.0 Å². The Kier molecular flexibility index (Phi) is 5.18. The highest BCUT2D eigenvalue weighted by Gasteiger charge is 2.25. The van der Waals surface area contributed by atoms with E-state index in [1.54, 1.807) is 17.0 Å². The van der Waals surface area contributed by atoms with Crippen molar-refractivity contribution in [2.75, 3.05) is 13.1 Å². The van der Waals surface area contributed by atoms with Gasteiger partial charge in [0.05, 0.1) is 11.8 Å². The smallest absolute Gasteiger partial charge is 0.256 e. The van der Waals surface area contributed by atoms with Crippen LogP contribution < -0.4 is 0 Å². The standard InChI is InChI=1S/C19H20F2N2O/c20-16-7-5-14(6-8-16)3-4-15-2-1-11-23(13-15)19(24)17-9-10-22-12-18(17)21/h5-10,12,15H,1-4,11,13H2/t15-/m1/s1. The highest BCUT2D eigenvalue weighted by molar-refractivity contribution is 5.94. The summed E-state index contributed by atoms with van der Waals surface area (Å²) in [5.74, 6) is -0.678. The Morgan fingerprint density at radius 1 is 1.21 bits per heavy atom. The summed E-state index contributed by atoms with van der Waals surface area (Å²) in [6.07, 6.45) is 6.29. The van der Waals surface area contributed by atoms with Crippen LogP contribution in [0.5, 0.6) is 0 Å². The number of aryl methyl sites for hydroxylation is 1. The molecule has 1 aliphatic heterocycles. The molecule has 0 saturated carbocycles. The molecule has 0 spiro atoms. The lowest BCUT2D eigenvalue weighted by Crippen LogP contribution is -2.40. The van der Waals surface area contributed by atoms with Gasteiger partial charge in [-0.25, -0.2) is 8.78 Å². The number of hydrogen-bond acceptors (Lipinski definition) is 2. The molecule has 126 valence electrons. The van der Waals surface area contributed by atoms with E-state index in [-0.39, 0.29) is 17.3 Å². The van der Waals surface area contributed by atoms with Crippen LogP contribution in [-0.2, 0) is 6.42 Å². The summed E-state index contributed by atoms with van der Waals surface area (Å²) < 4.78 is 26.7. The molecule has 1 aromatic carbocycles. The van der Waals surface area contributed by atoms with E-state index in [1.165, 1.54) is 24.4 Å². The van der Waals surface area contributed by atoms with Gasteiger partial charge in [0.15, 0.2) is 5.82 Å². The number of carbonyl (C=O) groups is 1. The SMILES string of the molecule is O=C(c1ccncc1F)N1CCC[C@H](CCc2ccc(F)cc2)C1. The highest BCUT2D eigenvalue weighted by Crippen LogP contribution is 2.23. The van der Waals surface area contributed by atoms with Gasteiger partial charge in [0.1, 0.15) is 5.82 Å². The van der Waals surface area contributed by atoms with Gasteiger partial charge >= 0.3 is 0 Å². The molecule has 0 radical (unpaired) electrons. The van der Waals surface area contributed by atoms with Crippen molar-refractivity contribution < 1.29 is 13.6 Å². The van der Waals surface area contributed by atoms with E-state index < -0.39 is 5.82 Å². The number of nitrogens with zero attached hydrogens (tertiary/aromatic N) is 2. The molecule has 1 aromatic heterocycles. The van der Waals surface area contributed by atoms with Crippen molar-refractivity contribution in [3.05, 3.63) is 65.5 Å². The first-order valence-corrected chi connectivity index (χ1v) is 8.26. The van der Waals surface area contributed by atoms with Gasteiger partial charge < -0.3 is 4.90 Å². The van der Waals surface area contributed by atoms with Crippen LogP contribution in [0.15, 0.2) is 42.7 Å². The molecular formula is C19H20F2N2O. The second-order valence-corrected chi connectivity index (χ2v) is 6.28. The summed E-state index contributed by atoms with van der Waals surface area (Å²) in [5.41, 5.74) is 1.18. The highest BCUT2D eigenvalue weighted by atomic mass is 19.1. The van der Waals surface area contributed by atoms with Gasteiger partial charge in [-0.05, 0) is 55.4 Å². The monoisotopic (exact) mass is 330 g/mol. The molecule has 1 amide bonds. The van der Waals surface area contributed by atoms with Gasteiger partial charge in [0, 0.05) is 19.3 Å². The molecule has 1 atom stereocenters. The van der Waals surface area contributed by atoms with Gasteiger partial charge in [0.25, 0.3) is 5.91 Å². The molecule has 0 aliphatic carbocycles. The number of likely N-dealkylation sites (tertiary alicyclic amines) is 1. The summed E-state index contributed by atoms with van der Waals surface area (Å²) in [6.45, 7) is 1.30. The second-order valence-electron chi connectivity index (χ2n) is 6.28. The van der Waals surface area contributed by atoms with Gasteiger partial charge in [-0.1, -0.05) is 12.1 Å². The first kappa shape index (κ1) is 16.6. The zero-order valence-corrected chi connectivity index (χ0v) is 13.4. The van der Waals surface area contributed by atoms with Crippen molar-refractivity contribution >= 4 is 5.91 Å². The zero-order valence-electron chi connectivity index (χ0n) is 13.4. The Morgan fingerprint density at radius 2 is 2.00 bits per heavy atom. The van der Waals surface area contributed by atoms with E-state index in [4.69, 9.17) is 0 Å². The predicted molar refractivity (Wildman–Crippen MR) is 87.5 cm³/mol. The van der Waals surface area contributed by atoms with E-state index in [1.807, 2.05) is 0 Å². The fraction of sp³-hybridized carbons (Fsp3) is 0.368. The predicted octanol–water partition coefficient (Wildman–Crippen LogP) is 3.84. The zero-order chi connectivity index (χ0) is 16.9. The second kappa shape index (κ2) is 7.51. The number of halogens is 2. The molecule has 0 unspecified atom stereocenters. The molecule has 24 heavy (non-hydrogen) atoms. The molecule has 3 nitrogen and oxygen atoms in total. The quantitative estimate of drug-likeness (QED) is 0.853. The number of rotatable bonds is 4. The van der Waals surface area contributed by atoms with Crippen molar-refractivity contribution in [1.82, 2.24) is 9.88 Å². The summed E-state index contributed by atoms with van der Waals surface area (Å²) in [7, 11) is 0. The maximum absolute atomic E-state index is 13.8. The molecule has 1 saturated heterocycles. The molecule has 2 heterocycles. The Bertz CT molecular complexity index is 703. The summed E-state index contributed by atoms with van der Waals surface area (Å²) in [6, 6.07) is 7.97. The molecular weight excluding hydrogens is 310 g/mol. The van der Waals surface area contributed by atoms with Gasteiger partial charge in [0.2, 0.25) is 0 Å². The lowest BCUT2D eigenvalue weighted by molar-refractivity contribution is 0.0663. The number of pyridine rings is 1. The van der Waals surface area contributed by atoms with Crippen LogP contribution in [0.2, 0.25) is 0 Å². The number of piperidine rings is 1. The Balaban J connectivity index is 1.59. The van der Waals surface area contributed by atoms with Crippen LogP contribution in [0.25, 0.3) is 0 Å². The lowest BCUT2D eigenvalue weighted by atomic mass is 9.91. The molecule has 0 bridgehead atoms. The largest absolute Gasteiger partial charge is 0.338 e. The summed E-state index contributed by atoms with van der Waals surface area (Å²) in [4.78, 5) is 17.9. The van der Waals surface area contributed by atoms with Crippen molar-refractivity contribution in [2.24, 2.45) is 5.92 Å². The molecule has 2 aromatic rings. The normalized spacial score (nSPS) is 17.8. The third-order valence-corrected chi connectivity index (χ3v) is 4.56. The van der Waals surface area contributed by atoms with E-state index in [0.717, 1.165) is 37.4 Å². The Hall–Kier alpha value is -2.30. The third kappa shape index (κ3) is 3.96. The number of hydrogen-bond donors (Lipinski definition) is 0. The fourth-order valence-corrected chi connectivity index (χ4v) is 3.23. The first-order chi connectivity index (χ1) is 11.6. The molecule has 1 aliphatic rings. The number of amides is 1. The lowest BCUT2D eigenvalue weighted by Gasteiger charge is -2.33. The minimum Gasteiger partial charge on any atom is -0.338 e. The summed E-state index contributed by atoms with van der Waals surface area (Å²) in [5, 5.41) is 0. The molecule has 5 heteroatoms. The number of benzene rings is 1. The van der Waals surface area contributed by atoms with Gasteiger partial charge in [-0.15, -0.1) is 0 Å². The Labute approximate surface area is 140 Å². The average Bonchev–Trinajstić information content (AvgIpc) is 2.61. The van der Waals surface area contributed by atoms with Crippen LogP contribution in [0.3, 0.4) is 0 Å². The van der Waals surface area contributed by atoms with Crippen molar-refractivity contribution in [2.45, 2.75) is 25.7 Å². The van der Waals surface area contributed by atoms with Crippen LogP contribution in [-0.4, -0.2) is 28.9 Å². The number of aromatic nitrogens is 1. The Morgan fingerprint density at radius 3 is 2.75 bits per heavy atom. The molecule has 0 N–H and O–H groups in total. The maximum Gasteiger partial charge on any atom is 0.256 e.